The monoisotopic (exact) mass is 198 g/mol. The topological polar surface area (TPSA) is 24.9 Å². The molecule has 0 bridgehead atoms. The summed E-state index contributed by atoms with van der Waals surface area (Å²) < 4.78 is 0. The Kier molecular flexibility index (Phi) is 3.55. The second-order valence-electron chi connectivity index (χ2n) is 3.39. The van der Waals surface area contributed by atoms with E-state index in [1.807, 2.05) is 18.2 Å². The Bertz CT molecular complexity index is 244. The second-order valence-corrected chi connectivity index (χ2v) is 3.66. The molecule has 1 N–H and O–H groups in total. The number of anilines is 1. The molecule has 2 nitrogen and oxygen atoms in total. The molecule has 1 rings (SSSR count). The Morgan fingerprint density at radius 1 is 1.54 bits per heavy atom. The van der Waals surface area contributed by atoms with E-state index >= 15 is 0 Å². The molecule has 0 radical (unpaired) electrons. The molecule has 0 aromatic carbocycles. The number of hydrogen-bond acceptors (Lipinski definition) is 2. The minimum absolute atomic E-state index is 0.0596. The van der Waals surface area contributed by atoms with Gasteiger partial charge in [0.05, 0.1) is 0 Å². The summed E-state index contributed by atoms with van der Waals surface area (Å²) in [5.74, 6) is 1.47. The first kappa shape index (κ1) is 10.3. The summed E-state index contributed by atoms with van der Waals surface area (Å²) in [4.78, 5) is 4.19. The molecule has 0 fully saturated rings. The molecule has 1 aromatic rings. The van der Waals surface area contributed by atoms with Crippen molar-refractivity contribution >= 4 is 17.4 Å². The largest absolute Gasteiger partial charge is 0.364 e. The van der Waals surface area contributed by atoms with Crippen molar-refractivity contribution in [2.24, 2.45) is 0 Å². The van der Waals surface area contributed by atoms with Crippen molar-refractivity contribution in [1.82, 2.24) is 4.98 Å². The minimum atomic E-state index is -0.0596. The highest BCUT2D eigenvalue weighted by Gasteiger charge is 2.20. The lowest BCUT2D eigenvalue weighted by Gasteiger charge is -2.27. The molecule has 1 atom stereocenters. The number of pyridine rings is 1. The van der Waals surface area contributed by atoms with E-state index in [-0.39, 0.29) is 5.54 Å². The first-order chi connectivity index (χ1) is 6.20. The Labute approximate surface area is 84.3 Å². The molecule has 0 aliphatic rings. The van der Waals surface area contributed by atoms with Crippen molar-refractivity contribution in [3.05, 3.63) is 24.4 Å². The van der Waals surface area contributed by atoms with Crippen molar-refractivity contribution in [3.63, 3.8) is 0 Å². The molecule has 72 valence electrons. The molecule has 0 aliphatic heterocycles. The second kappa shape index (κ2) is 4.47. The standard InChI is InChI=1S/C10H15ClN2/c1-3-10(2,8-11)13-9-6-4-5-7-12-9/h4-7H,3,8H2,1-2H3,(H,12,13). The Morgan fingerprint density at radius 3 is 2.77 bits per heavy atom. The van der Waals surface area contributed by atoms with Crippen molar-refractivity contribution in [2.75, 3.05) is 11.2 Å². The molecule has 0 spiro atoms. The van der Waals surface area contributed by atoms with E-state index in [1.165, 1.54) is 0 Å². The van der Waals surface area contributed by atoms with Gasteiger partial charge in [-0.05, 0) is 25.5 Å². The van der Waals surface area contributed by atoms with E-state index < -0.39 is 0 Å². The van der Waals surface area contributed by atoms with E-state index in [1.54, 1.807) is 6.20 Å². The van der Waals surface area contributed by atoms with Crippen LogP contribution in [0, 0.1) is 0 Å². The van der Waals surface area contributed by atoms with Gasteiger partial charge < -0.3 is 5.32 Å². The maximum atomic E-state index is 5.87. The van der Waals surface area contributed by atoms with Crippen molar-refractivity contribution in [1.29, 1.82) is 0 Å². The molecule has 1 unspecified atom stereocenters. The minimum Gasteiger partial charge on any atom is -0.364 e. The lowest BCUT2D eigenvalue weighted by molar-refractivity contribution is 0.551. The predicted octanol–water partition coefficient (Wildman–Crippen LogP) is 2.90. The number of nitrogens with one attached hydrogen (secondary N) is 1. The maximum absolute atomic E-state index is 5.87. The van der Waals surface area contributed by atoms with Crippen LogP contribution in [-0.2, 0) is 0 Å². The summed E-state index contributed by atoms with van der Waals surface area (Å²) >= 11 is 5.87. The SMILES string of the molecule is CCC(C)(CCl)Nc1ccccn1. The van der Waals surface area contributed by atoms with Crippen LogP contribution in [0.25, 0.3) is 0 Å². The van der Waals surface area contributed by atoms with Gasteiger partial charge in [-0.1, -0.05) is 13.0 Å². The molecule has 3 heteroatoms. The molecule has 0 aliphatic carbocycles. The number of halogens is 1. The highest BCUT2D eigenvalue weighted by molar-refractivity contribution is 6.18. The van der Waals surface area contributed by atoms with Gasteiger partial charge in [0.1, 0.15) is 5.82 Å². The van der Waals surface area contributed by atoms with Gasteiger partial charge in [-0.25, -0.2) is 4.98 Å². The lowest BCUT2D eigenvalue weighted by atomic mass is 10.0. The van der Waals surface area contributed by atoms with Gasteiger partial charge in [0, 0.05) is 17.6 Å². The third kappa shape index (κ3) is 2.88. The van der Waals surface area contributed by atoms with Crippen LogP contribution in [-0.4, -0.2) is 16.4 Å². The Morgan fingerprint density at radius 2 is 2.31 bits per heavy atom. The van der Waals surface area contributed by atoms with Gasteiger partial charge in [0.25, 0.3) is 0 Å². The molecule has 0 saturated heterocycles. The summed E-state index contributed by atoms with van der Waals surface area (Å²) in [5.41, 5.74) is -0.0596. The van der Waals surface area contributed by atoms with E-state index in [0.29, 0.717) is 5.88 Å². The maximum Gasteiger partial charge on any atom is 0.126 e. The van der Waals surface area contributed by atoms with E-state index in [4.69, 9.17) is 11.6 Å². The fraction of sp³-hybridized carbons (Fsp3) is 0.500. The van der Waals surface area contributed by atoms with Crippen LogP contribution in [0.1, 0.15) is 20.3 Å². The zero-order valence-electron chi connectivity index (χ0n) is 8.05. The molecular weight excluding hydrogens is 184 g/mol. The van der Waals surface area contributed by atoms with Crippen LogP contribution in [0.3, 0.4) is 0 Å². The lowest BCUT2D eigenvalue weighted by Crippen LogP contribution is -2.36. The third-order valence-electron chi connectivity index (χ3n) is 2.17. The summed E-state index contributed by atoms with van der Waals surface area (Å²) in [6, 6.07) is 5.80. The van der Waals surface area contributed by atoms with Crippen molar-refractivity contribution in [2.45, 2.75) is 25.8 Å². The molecular formula is C10H15ClN2. The molecule has 1 heterocycles. The van der Waals surface area contributed by atoms with Crippen LogP contribution in [0.4, 0.5) is 5.82 Å². The first-order valence-electron chi connectivity index (χ1n) is 4.45. The Balaban J connectivity index is 2.68. The summed E-state index contributed by atoms with van der Waals surface area (Å²) in [5, 5.41) is 3.31. The van der Waals surface area contributed by atoms with Crippen molar-refractivity contribution in [3.8, 4) is 0 Å². The van der Waals surface area contributed by atoms with E-state index in [2.05, 4.69) is 24.1 Å². The fourth-order valence-electron chi connectivity index (χ4n) is 0.962. The number of nitrogens with zero attached hydrogens (tertiary/aromatic N) is 1. The van der Waals surface area contributed by atoms with Gasteiger partial charge in [-0.2, -0.15) is 0 Å². The highest BCUT2D eigenvalue weighted by atomic mass is 35.5. The Hall–Kier alpha value is -0.760. The first-order valence-corrected chi connectivity index (χ1v) is 4.99. The number of hydrogen-bond donors (Lipinski definition) is 1. The zero-order chi connectivity index (χ0) is 9.73. The number of alkyl halides is 1. The average Bonchev–Trinajstić information content (AvgIpc) is 2.19. The fourth-order valence-corrected chi connectivity index (χ4v) is 1.22. The van der Waals surface area contributed by atoms with Gasteiger partial charge >= 0.3 is 0 Å². The molecule has 0 saturated carbocycles. The zero-order valence-corrected chi connectivity index (χ0v) is 8.80. The van der Waals surface area contributed by atoms with E-state index in [9.17, 15) is 0 Å². The average molecular weight is 199 g/mol. The normalized spacial score (nSPS) is 15.0. The smallest absolute Gasteiger partial charge is 0.126 e. The number of rotatable bonds is 4. The van der Waals surface area contributed by atoms with Gasteiger partial charge in [0.15, 0.2) is 0 Å². The summed E-state index contributed by atoms with van der Waals surface area (Å²) in [6.07, 6.45) is 2.75. The van der Waals surface area contributed by atoms with Gasteiger partial charge in [-0.15, -0.1) is 11.6 Å². The van der Waals surface area contributed by atoms with Crippen LogP contribution in [0.2, 0.25) is 0 Å². The molecule has 0 amide bonds. The van der Waals surface area contributed by atoms with Gasteiger partial charge in [0.2, 0.25) is 0 Å². The van der Waals surface area contributed by atoms with Crippen LogP contribution in [0.15, 0.2) is 24.4 Å². The molecule has 1 aromatic heterocycles. The summed E-state index contributed by atoms with van der Waals surface area (Å²) in [6.45, 7) is 4.20. The predicted molar refractivity (Wildman–Crippen MR) is 57.3 cm³/mol. The van der Waals surface area contributed by atoms with Crippen LogP contribution >= 0.6 is 11.6 Å². The van der Waals surface area contributed by atoms with Crippen LogP contribution in [0.5, 0.6) is 0 Å². The quantitative estimate of drug-likeness (QED) is 0.753. The van der Waals surface area contributed by atoms with E-state index in [0.717, 1.165) is 12.2 Å². The highest BCUT2D eigenvalue weighted by Crippen LogP contribution is 2.17. The number of aromatic nitrogens is 1. The third-order valence-corrected chi connectivity index (χ3v) is 2.76. The van der Waals surface area contributed by atoms with Gasteiger partial charge in [-0.3, -0.25) is 0 Å². The molecule has 13 heavy (non-hydrogen) atoms. The summed E-state index contributed by atoms with van der Waals surface area (Å²) in [7, 11) is 0. The van der Waals surface area contributed by atoms with Crippen LogP contribution < -0.4 is 5.32 Å². The van der Waals surface area contributed by atoms with Crippen molar-refractivity contribution < 1.29 is 0 Å².